The van der Waals surface area contributed by atoms with Crippen LogP contribution in [0.25, 0.3) is 10.8 Å². The Labute approximate surface area is 238 Å². The summed E-state index contributed by atoms with van der Waals surface area (Å²) in [7, 11) is 0. The highest BCUT2D eigenvalue weighted by Gasteiger charge is 2.41. The molecular formula is C31H35N5O5. The molecule has 0 spiro atoms. The molecule has 0 saturated carbocycles. The quantitative estimate of drug-likeness (QED) is 0.296. The molecule has 10 heteroatoms. The first-order chi connectivity index (χ1) is 19.9. The molecule has 41 heavy (non-hydrogen) atoms. The van der Waals surface area contributed by atoms with E-state index in [9.17, 15) is 24.3 Å². The van der Waals surface area contributed by atoms with Crippen LogP contribution in [0.1, 0.15) is 35.2 Å². The van der Waals surface area contributed by atoms with Gasteiger partial charge in [0, 0.05) is 39.0 Å². The number of aliphatic hydroxyl groups is 1. The molecule has 3 atom stereocenters. The van der Waals surface area contributed by atoms with Gasteiger partial charge in [0.05, 0.1) is 17.4 Å². The average molecular weight is 558 g/mol. The molecule has 1 fully saturated rings. The minimum Gasteiger partial charge on any atom is -0.390 e. The van der Waals surface area contributed by atoms with Crippen LogP contribution < -0.4 is 21.3 Å². The van der Waals surface area contributed by atoms with Crippen LogP contribution in [0.3, 0.4) is 0 Å². The molecule has 3 aromatic rings. The summed E-state index contributed by atoms with van der Waals surface area (Å²) >= 11 is 0. The van der Waals surface area contributed by atoms with E-state index in [-0.39, 0.29) is 44.3 Å². The third-order valence-electron chi connectivity index (χ3n) is 7.74. The Morgan fingerprint density at radius 2 is 1.78 bits per heavy atom. The van der Waals surface area contributed by atoms with E-state index in [1.54, 1.807) is 29.2 Å². The number of nitrogens with one attached hydrogen (secondary N) is 2. The number of hydrogen-bond acceptors (Lipinski definition) is 6. The maximum atomic E-state index is 13.5. The molecule has 2 aliphatic heterocycles. The Morgan fingerprint density at radius 1 is 1.02 bits per heavy atom. The van der Waals surface area contributed by atoms with Crippen LogP contribution >= 0.6 is 0 Å². The van der Waals surface area contributed by atoms with Gasteiger partial charge in [-0.05, 0) is 41.3 Å². The Bertz CT molecular complexity index is 1460. The number of nitrogens with two attached hydrogens (primary N) is 1. The first-order valence-corrected chi connectivity index (χ1v) is 14.0. The van der Waals surface area contributed by atoms with Crippen molar-refractivity contribution in [1.82, 2.24) is 15.5 Å². The normalized spacial score (nSPS) is 18.0. The van der Waals surface area contributed by atoms with Crippen molar-refractivity contribution in [3.05, 3.63) is 77.9 Å². The van der Waals surface area contributed by atoms with Gasteiger partial charge in [0.2, 0.25) is 17.7 Å². The van der Waals surface area contributed by atoms with Crippen molar-refractivity contribution < 1.29 is 24.3 Å². The van der Waals surface area contributed by atoms with E-state index in [1.807, 2.05) is 42.5 Å². The number of fused-ring (bicyclic) bond motifs is 3. The minimum atomic E-state index is -0.910. The summed E-state index contributed by atoms with van der Waals surface area (Å²) in [5.74, 6) is -1.22. The highest BCUT2D eigenvalue weighted by Crippen LogP contribution is 2.32. The Balaban J connectivity index is 1.31. The van der Waals surface area contributed by atoms with Gasteiger partial charge in [0.25, 0.3) is 5.91 Å². The lowest BCUT2D eigenvalue weighted by molar-refractivity contribution is -0.129. The van der Waals surface area contributed by atoms with Gasteiger partial charge < -0.3 is 31.3 Å². The fraction of sp³-hybridized carbons (Fsp3) is 0.355. The summed E-state index contributed by atoms with van der Waals surface area (Å²) in [6, 6.07) is 19.2. The molecule has 0 aromatic heterocycles. The summed E-state index contributed by atoms with van der Waals surface area (Å²) in [5.41, 5.74) is 7.27. The Kier molecular flexibility index (Phi) is 8.61. The van der Waals surface area contributed by atoms with E-state index in [4.69, 9.17) is 5.73 Å². The van der Waals surface area contributed by atoms with Crippen LogP contribution in [-0.4, -0.2) is 78.0 Å². The molecule has 5 N–H and O–H groups in total. The second-order valence-electron chi connectivity index (χ2n) is 10.6. The van der Waals surface area contributed by atoms with Crippen molar-refractivity contribution in [2.75, 3.05) is 31.1 Å². The van der Waals surface area contributed by atoms with Gasteiger partial charge in [0.15, 0.2) is 0 Å². The van der Waals surface area contributed by atoms with Crippen LogP contribution in [0.4, 0.5) is 5.69 Å². The van der Waals surface area contributed by atoms with Gasteiger partial charge in [-0.3, -0.25) is 19.2 Å². The first-order valence-electron chi connectivity index (χ1n) is 14.0. The fourth-order valence-electron chi connectivity index (χ4n) is 5.56. The van der Waals surface area contributed by atoms with E-state index >= 15 is 0 Å². The summed E-state index contributed by atoms with van der Waals surface area (Å²) in [6.45, 7) is 0.552. The number of nitrogens with zero attached hydrogens (tertiary/aromatic N) is 2. The summed E-state index contributed by atoms with van der Waals surface area (Å²) < 4.78 is 0. The zero-order valence-corrected chi connectivity index (χ0v) is 22.8. The highest BCUT2D eigenvalue weighted by atomic mass is 16.3. The summed E-state index contributed by atoms with van der Waals surface area (Å²) in [5, 5.41) is 17.4. The van der Waals surface area contributed by atoms with Crippen LogP contribution in [0, 0.1) is 0 Å². The molecule has 3 aromatic carbocycles. The number of carbonyl (C=O) groups excluding carboxylic acids is 4. The van der Waals surface area contributed by atoms with Crippen molar-refractivity contribution in [3.63, 3.8) is 0 Å². The molecule has 5 rings (SSSR count). The van der Waals surface area contributed by atoms with E-state index in [0.29, 0.717) is 24.2 Å². The van der Waals surface area contributed by atoms with Gasteiger partial charge >= 0.3 is 0 Å². The largest absolute Gasteiger partial charge is 0.390 e. The standard InChI is InChI=1S/C31H35N5O5/c32-18-23(37)19-33-29(39)25(17-20-11-12-21-6-1-2-7-22(21)16-20)34-28(38)13-15-36-26-9-4-3-8-24(26)30(40)35-14-5-10-27(35)31(36)41/h1-4,6-9,11-12,16,23,25,27,37H,5,10,13-15,17-19,32H2,(H,33,39)(H,34,38)/t23-,25?,27?/m1/s1. The molecule has 10 nitrogen and oxygen atoms in total. The minimum absolute atomic E-state index is 0.00571. The number of amides is 4. The van der Waals surface area contributed by atoms with E-state index in [1.165, 1.54) is 4.90 Å². The van der Waals surface area contributed by atoms with E-state index in [0.717, 1.165) is 22.8 Å². The van der Waals surface area contributed by atoms with Crippen molar-refractivity contribution >= 4 is 40.1 Å². The highest BCUT2D eigenvalue weighted by molar-refractivity contribution is 6.11. The average Bonchev–Trinajstić information content (AvgIpc) is 3.46. The maximum absolute atomic E-state index is 13.5. The third kappa shape index (κ3) is 6.23. The lowest BCUT2D eigenvalue weighted by atomic mass is 10.0. The van der Waals surface area contributed by atoms with Crippen LogP contribution in [-0.2, 0) is 20.8 Å². The lowest BCUT2D eigenvalue weighted by Gasteiger charge is -2.26. The predicted octanol–water partition coefficient (Wildman–Crippen LogP) is 1.34. The van der Waals surface area contributed by atoms with Crippen LogP contribution in [0.2, 0.25) is 0 Å². The van der Waals surface area contributed by atoms with Gasteiger partial charge in [-0.1, -0.05) is 54.6 Å². The van der Waals surface area contributed by atoms with E-state index < -0.39 is 30.0 Å². The summed E-state index contributed by atoms with van der Waals surface area (Å²) in [6.07, 6.45) is 0.613. The van der Waals surface area contributed by atoms with Crippen LogP contribution in [0.5, 0.6) is 0 Å². The molecule has 0 aliphatic carbocycles. The van der Waals surface area contributed by atoms with E-state index in [2.05, 4.69) is 10.6 Å². The molecule has 2 aliphatic rings. The molecular weight excluding hydrogens is 522 g/mol. The topological polar surface area (TPSA) is 145 Å². The van der Waals surface area contributed by atoms with Gasteiger partial charge in [-0.2, -0.15) is 0 Å². The second-order valence-corrected chi connectivity index (χ2v) is 10.6. The molecule has 4 amide bonds. The monoisotopic (exact) mass is 557 g/mol. The number of anilines is 1. The van der Waals surface area contributed by atoms with Gasteiger partial charge in [-0.15, -0.1) is 0 Å². The first kappa shape index (κ1) is 28.3. The zero-order chi connectivity index (χ0) is 28.9. The van der Waals surface area contributed by atoms with Crippen molar-refractivity contribution in [2.24, 2.45) is 5.73 Å². The van der Waals surface area contributed by atoms with Gasteiger partial charge in [-0.25, -0.2) is 0 Å². The number of rotatable bonds is 10. The molecule has 2 heterocycles. The number of benzene rings is 3. The fourth-order valence-corrected chi connectivity index (χ4v) is 5.56. The maximum Gasteiger partial charge on any atom is 0.256 e. The predicted molar refractivity (Wildman–Crippen MR) is 155 cm³/mol. The van der Waals surface area contributed by atoms with Crippen molar-refractivity contribution in [1.29, 1.82) is 0 Å². The van der Waals surface area contributed by atoms with Crippen molar-refractivity contribution in [3.8, 4) is 0 Å². The molecule has 0 radical (unpaired) electrons. The second kappa shape index (κ2) is 12.5. The number of hydrogen-bond donors (Lipinski definition) is 4. The van der Waals surface area contributed by atoms with Crippen LogP contribution in [0.15, 0.2) is 66.7 Å². The number of aliphatic hydroxyl groups excluding tert-OH is 1. The molecule has 2 unspecified atom stereocenters. The molecule has 1 saturated heterocycles. The zero-order valence-electron chi connectivity index (χ0n) is 22.8. The van der Waals surface area contributed by atoms with Gasteiger partial charge in [0.1, 0.15) is 12.1 Å². The third-order valence-corrected chi connectivity index (χ3v) is 7.74. The number of carbonyl (C=O) groups is 4. The SMILES string of the molecule is NC[C@@H](O)CNC(=O)C(Cc1ccc2ccccc2c1)NC(=O)CCN1C(=O)C2CCCN2C(=O)c2ccccc21. The molecule has 214 valence electrons. The lowest BCUT2D eigenvalue weighted by Crippen LogP contribution is -2.51. The number of para-hydroxylation sites is 1. The smallest absolute Gasteiger partial charge is 0.256 e. The summed E-state index contributed by atoms with van der Waals surface area (Å²) in [4.78, 5) is 56.1. The molecule has 0 bridgehead atoms. The Hall–Kier alpha value is -4.28. The van der Waals surface area contributed by atoms with Crippen molar-refractivity contribution in [2.45, 2.75) is 43.9 Å². The Morgan fingerprint density at radius 3 is 2.59 bits per heavy atom.